The number of benzene rings is 1. The van der Waals surface area contributed by atoms with E-state index in [0.717, 1.165) is 47.7 Å². The first kappa shape index (κ1) is 19.3. The van der Waals surface area contributed by atoms with Gasteiger partial charge in [0.2, 0.25) is 5.95 Å². The molecule has 5 rings (SSSR count). The fourth-order valence-electron chi connectivity index (χ4n) is 4.82. The van der Waals surface area contributed by atoms with E-state index in [2.05, 4.69) is 39.1 Å². The number of anilines is 2. The Bertz CT molecular complexity index is 1070. The van der Waals surface area contributed by atoms with Gasteiger partial charge in [-0.25, -0.2) is 9.67 Å². The number of fused-ring (bicyclic) bond motifs is 2. The SMILES string of the molecule is COc1cc2c(cc1Nc1ncc3c(C)nn(C4CCCCC4)c3n1)CN(C)CC2. The first-order valence-electron chi connectivity index (χ1n) is 11.0. The minimum Gasteiger partial charge on any atom is -0.495 e. The standard InChI is InChI=1S/C23H30N6O/c1-15-19-13-24-23(26-22(19)29(27-15)18-7-5-4-6-8-18)25-20-11-17-14-28(2)10-9-16(17)12-21(20)30-3/h11-13,18H,4-10,14H2,1-3H3,(H,24,25,26). The molecular formula is C23H30N6O. The van der Waals surface area contributed by atoms with Crippen LogP contribution in [0, 0.1) is 6.92 Å². The maximum Gasteiger partial charge on any atom is 0.229 e. The summed E-state index contributed by atoms with van der Waals surface area (Å²) in [5.74, 6) is 1.42. The van der Waals surface area contributed by atoms with Gasteiger partial charge in [-0.1, -0.05) is 19.3 Å². The van der Waals surface area contributed by atoms with Crippen molar-refractivity contribution in [3.63, 3.8) is 0 Å². The molecule has 3 heterocycles. The molecule has 0 radical (unpaired) electrons. The Morgan fingerprint density at radius 3 is 2.77 bits per heavy atom. The first-order chi connectivity index (χ1) is 14.6. The summed E-state index contributed by atoms with van der Waals surface area (Å²) in [6.45, 7) is 4.07. The summed E-state index contributed by atoms with van der Waals surface area (Å²) in [6, 6.07) is 4.77. The lowest BCUT2D eigenvalue weighted by Gasteiger charge is -2.26. The Balaban J connectivity index is 1.50. The summed E-state index contributed by atoms with van der Waals surface area (Å²) in [5.41, 5.74) is 5.52. The molecule has 1 aliphatic heterocycles. The summed E-state index contributed by atoms with van der Waals surface area (Å²) in [7, 11) is 3.87. The maximum atomic E-state index is 5.67. The molecule has 0 saturated heterocycles. The van der Waals surface area contributed by atoms with Crippen molar-refractivity contribution in [1.29, 1.82) is 0 Å². The minimum atomic E-state index is 0.437. The lowest BCUT2D eigenvalue weighted by atomic mass is 9.96. The van der Waals surface area contributed by atoms with Crippen LogP contribution in [0.4, 0.5) is 11.6 Å². The third kappa shape index (κ3) is 3.51. The molecule has 1 N–H and O–H groups in total. The third-order valence-corrected chi connectivity index (χ3v) is 6.53. The number of nitrogens with one attached hydrogen (secondary N) is 1. The van der Waals surface area contributed by atoms with Gasteiger partial charge in [-0.3, -0.25) is 0 Å². The van der Waals surface area contributed by atoms with E-state index in [1.165, 1.54) is 43.2 Å². The monoisotopic (exact) mass is 406 g/mol. The van der Waals surface area contributed by atoms with Crippen LogP contribution in [-0.4, -0.2) is 45.4 Å². The second-order valence-corrected chi connectivity index (χ2v) is 8.69. The number of likely N-dealkylation sites (N-methyl/N-ethyl adjacent to an activating group) is 1. The second kappa shape index (κ2) is 7.87. The van der Waals surface area contributed by atoms with Crippen molar-refractivity contribution in [2.45, 2.75) is 58.0 Å². The van der Waals surface area contributed by atoms with Gasteiger partial charge in [0, 0.05) is 19.3 Å². The average molecular weight is 407 g/mol. The molecule has 158 valence electrons. The molecule has 7 heteroatoms. The van der Waals surface area contributed by atoms with Crippen LogP contribution >= 0.6 is 0 Å². The van der Waals surface area contributed by atoms with Crippen molar-refractivity contribution < 1.29 is 4.74 Å². The first-order valence-corrected chi connectivity index (χ1v) is 11.0. The van der Waals surface area contributed by atoms with E-state index in [1.807, 2.05) is 13.1 Å². The maximum absolute atomic E-state index is 5.67. The fraction of sp³-hybridized carbons (Fsp3) is 0.522. The lowest BCUT2D eigenvalue weighted by Crippen LogP contribution is -2.26. The van der Waals surface area contributed by atoms with Crippen LogP contribution in [0.25, 0.3) is 11.0 Å². The van der Waals surface area contributed by atoms with E-state index in [4.69, 9.17) is 14.8 Å². The number of methoxy groups -OCH3 is 1. The van der Waals surface area contributed by atoms with E-state index in [0.29, 0.717) is 12.0 Å². The number of rotatable bonds is 4. The van der Waals surface area contributed by atoms with Gasteiger partial charge in [-0.05, 0) is 56.5 Å². The highest BCUT2D eigenvalue weighted by Gasteiger charge is 2.22. The molecule has 1 saturated carbocycles. The van der Waals surface area contributed by atoms with Crippen LogP contribution in [0.5, 0.6) is 5.75 Å². The van der Waals surface area contributed by atoms with E-state index < -0.39 is 0 Å². The minimum absolute atomic E-state index is 0.437. The van der Waals surface area contributed by atoms with E-state index >= 15 is 0 Å². The zero-order chi connectivity index (χ0) is 20.7. The quantitative estimate of drug-likeness (QED) is 0.693. The summed E-state index contributed by atoms with van der Waals surface area (Å²) >= 11 is 0. The molecule has 0 atom stereocenters. The predicted molar refractivity (Wildman–Crippen MR) is 118 cm³/mol. The van der Waals surface area contributed by atoms with Crippen molar-refractivity contribution in [1.82, 2.24) is 24.6 Å². The highest BCUT2D eigenvalue weighted by atomic mass is 16.5. The molecule has 30 heavy (non-hydrogen) atoms. The zero-order valence-corrected chi connectivity index (χ0v) is 18.1. The fourth-order valence-corrected chi connectivity index (χ4v) is 4.82. The van der Waals surface area contributed by atoms with E-state index in [-0.39, 0.29) is 0 Å². The van der Waals surface area contributed by atoms with Crippen LogP contribution in [-0.2, 0) is 13.0 Å². The molecule has 0 spiro atoms. The predicted octanol–water partition coefficient (Wildman–Crippen LogP) is 4.38. The van der Waals surface area contributed by atoms with Crippen molar-refractivity contribution >= 4 is 22.7 Å². The number of hydrogen-bond donors (Lipinski definition) is 1. The van der Waals surface area contributed by atoms with E-state index in [1.54, 1.807) is 7.11 Å². The molecule has 0 unspecified atom stereocenters. The van der Waals surface area contributed by atoms with Crippen molar-refractivity contribution in [3.8, 4) is 5.75 Å². The molecular weight excluding hydrogens is 376 g/mol. The van der Waals surface area contributed by atoms with Crippen LogP contribution in [0.2, 0.25) is 0 Å². The Kier molecular flexibility index (Phi) is 5.06. The van der Waals surface area contributed by atoms with Gasteiger partial charge in [0.05, 0.1) is 29.9 Å². The Morgan fingerprint density at radius 2 is 1.97 bits per heavy atom. The normalized spacial score (nSPS) is 17.8. The van der Waals surface area contributed by atoms with Crippen LogP contribution in [0.3, 0.4) is 0 Å². The number of aromatic nitrogens is 4. The Morgan fingerprint density at radius 1 is 1.13 bits per heavy atom. The topological polar surface area (TPSA) is 68.1 Å². The Labute approximate surface area is 177 Å². The van der Waals surface area contributed by atoms with Gasteiger partial charge in [0.15, 0.2) is 5.65 Å². The van der Waals surface area contributed by atoms with Gasteiger partial charge in [-0.2, -0.15) is 10.1 Å². The third-order valence-electron chi connectivity index (χ3n) is 6.53. The smallest absolute Gasteiger partial charge is 0.229 e. The molecule has 0 bridgehead atoms. The molecule has 2 aromatic heterocycles. The average Bonchev–Trinajstić information content (AvgIpc) is 3.10. The molecule has 1 fully saturated rings. The van der Waals surface area contributed by atoms with Crippen molar-refractivity contribution in [2.75, 3.05) is 26.0 Å². The summed E-state index contributed by atoms with van der Waals surface area (Å²) < 4.78 is 7.81. The summed E-state index contributed by atoms with van der Waals surface area (Å²) in [4.78, 5) is 11.8. The number of aryl methyl sites for hydroxylation is 1. The molecule has 0 amide bonds. The molecule has 1 aromatic carbocycles. The Hall–Kier alpha value is -2.67. The molecule has 3 aromatic rings. The highest BCUT2D eigenvalue weighted by Crippen LogP contribution is 2.34. The molecule has 7 nitrogen and oxygen atoms in total. The van der Waals surface area contributed by atoms with Crippen LogP contribution in [0.1, 0.15) is 55.0 Å². The zero-order valence-electron chi connectivity index (χ0n) is 18.1. The van der Waals surface area contributed by atoms with Gasteiger partial charge < -0.3 is 15.0 Å². The summed E-state index contributed by atoms with van der Waals surface area (Å²) in [5, 5.41) is 9.26. The number of ether oxygens (including phenoxy) is 1. The van der Waals surface area contributed by atoms with Crippen molar-refractivity contribution in [3.05, 3.63) is 35.2 Å². The van der Waals surface area contributed by atoms with Crippen molar-refractivity contribution in [2.24, 2.45) is 0 Å². The lowest BCUT2D eigenvalue weighted by molar-refractivity contribution is 0.312. The largest absolute Gasteiger partial charge is 0.495 e. The van der Waals surface area contributed by atoms with E-state index in [9.17, 15) is 0 Å². The van der Waals surface area contributed by atoms with Gasteiger partial charge in [-0.15, -0.1) is 0 Å². The highest BCUT2D eigenvalue weighted by molar-refractivity contribution is 5.79. The van der Waals surface area contributed by atoms with Crippen LogP contribution < -0.4 is 10.1 Å². The number of nitrogens with zero attached hydrogens (tertiary/aromatic N) is 5. The summed E-state index contributed by atoms with van der Waals surface area (Å²) in [6.07, 6.45) is 9.15. The second-order valence-electron chi connectivity index (χ2n) is 8.69. The molecule has 1 aliphatic carbocycles. The van der Waals surface area contributed by atoms with Crippen LogP contribution in [0.15, 0.2) is 18.3 Å². The van der Waals surface area contributed by atoms with Gasteiger partial charge in [0.25, 0.3) is 0 Å². The van der Waals surface area contributed by atoms with Gasteiger partial charge in [0.1, 0.15) is 5.75 Å². The van der Waals surface area contributed by atoms with Gasteiger partial charge >= 0.3 is 0 Å². The number of hydrogen-bond acceptors (Lipinski definition) is 6. The molecule has 2 aliphatic rings.